The van der Waals surface area contributed by atoms with Gasteiger partial charge in [-0.1, -0.05) is 25.8 Å². The Bertz CT molecular complexity index is 325. The molecule has 0 saturated carbocycles. The number of nitrogens with zero attached hydrogens (tertiary/aromatic N) is 2. The maximum absolute atomic E-state index is 5.84. The van der Waals surface area contributed by atoms with Crippen molar-refractivity contribution in [2.75, 3.05) is 13.6 Å². The van der Waals surface area contributed by atoms with Gasteiger partial charge in [0.2, 0.25) is 0 Å². The van der Waals surface area contributed by atoms with Crippen molar-refractivity contribution in [1.29, 1.82) is 0 Å². The quantitative estimate of drug-likeness (QED) is 0.788. The minimum atomic E-state index is 0.470. The van der Waals surface area contributed by atoms with Crippen molar-refractivity contribution in [3.63, 3.8) is 0 Å². The highest BCUT2D eigenvalue weighted by molar-refractivity contribution is 5.09. The monoisotopic (exact) mass is 235 g/mol. The van der Waals surface area contributed by atoms with E-state index < -0.39 is 0 Å². The maximum Gasteiger partial charge on any atom is 0.0547 e. The first-order valence-corrected chi connectivity index (χ1v) is 6.50. The number of aromatic nitrogens is 1. The third kappa shape index (κ3) is 4.84. The molecule has 3 heteroatoms. The van der Waals surface area contributed by atoms with Crippen LogP contribution in [-0.4, -0.2) is 29.5 Å². The average molecular weight is 235 g/mol. The zero-order valence-electron chi connectivity index (χ0n) is 11.3. The van der Waals surface area contributed by atoms with Crippen LogP contribution in [0.3, 0.4) is 0 Å². The van der Waals surface area contributed by atoms with Crippen molar-refractivity contribution < 1.29 is 0 Å². The fourth-order valence-electron chi connectivity index (χ4n) is 2.03. The predicted molar refractivity (Wildman–Crippen MR) is 72.8 cm³/mol. The number of hydrogen-bond donors (Lipinski definition) is 1. The zero-order valence-corrected chi connectivity index (χ0v) is 11.3. The minimum absolute atomic E-state index is 0.470. The third-order valence-corrected chi connectivity index (χ3v) is 3.14. The van der Waals surface area contributed by atoms with Crippen LogP contribution in [0.25, 0.3) is 0 Å². The van der Waals surface area contributed by atoms with Crippen molar-refractivity contribution in [3.05, 3.63) is 29.6 Å². The molecule has 1 unspecified atom stereocenters. The number of likely N-dealkylation sites (N-methyl/N-ethyl adjacent to an activating group) is 1. The summed E-state index contributed by atoms with van der Waals surface area (Å²) in [6, 6.07) is 6.64. The summed E-state index contributed by atoms with van der Waals surface area (Å²) < 4.78 is 0. The number of hydrogen-bond acceptors (Lipinski definition) is 3. The Hall–Kier alpha value is -0.930. The molecule has 0 aliphatic carbocycles. The Morgan fingerprint density at radius 2 is 2.18 bits per heavy atom. The third-order valence-electron chi connectivity index (χ3n) is 3.14. The van der Waals surface area contributed by atoms with Gasteiger partial charge in [-0.15, -0.1) is 0 Å². The maximum atomic E-state index is 5.84. The second-order valence-electron chi connectivity index (χ2n) is 4.72. The zero-order chi connectivity index (χ0) is 12.7. The van der Waals surface area contributed by atoms with Crippen LogP contribution in [0.4, 0.5) is 0 Å². The van der Waals surface area contributed by atoms with Gasteiger partial charge in [0.25, 0.3) is 0 Å². The Balaban J connectivity index is 2.54. The summed E-state index contributed by atoms with van der Waals surface area (Å²) in [4.78, 5) is 6.84. The molecule has 17 heavy (non-hydrogen) atoms. The molecule has 1 aromatic rings. The summed E-state index contributed by atoms with van der Waals surface area (Å²) in [6.45, 7) is 5.85. The van der Waals surface area contributed by atoms with Gasteiger partial charge in [-0.2, -0.15) is 0 Å². The fourth-order valence-corrected chi connectivity index (χ4v) is 2.03. The standard InChI is InChI=1S/C14H25N3/c1-4-5-9-14(10-15)17(3)11-13-8-6-7-12(2)16-13/h6-8,14H,4-5,9-11,15H2,1-3H3. The summed E-state index contributed by atoms with van der Waals surface area (Å²) >= 11 is 0. The molecule has 0 fully saturated rings. The Labute approximate surface area is 105 Å². The largest absolute Gasteiger partial charge is 0.329 e. The van der Waals surface area contributed by atoms with E-state index in [0.29, 0.717) is 6.04 Å². The smallest absolute Gasteiger partial charge is 0.0547 e. The Kier molecular flexibility index (Phi) is 6.16. The SMILES string of the molecule is CCCCC(CN)N(C)Cc1cccc(C)n1. The van der Waals surface area contributed by atoms with Gasteiger partial charge < -0.3 is 5.73 Å². The number of pyridine rings is 1. The molecule has 0 aliphatic heterocycles. The highest BCUT2D eigenvalue weighted by Crippen LogP contribution is 2.10. The molecule has 1 rings (SSSR count). The molecular weight excluding hydrogens is 210 g/mol. The first-order valence-electron chi connectivity index (χ1n) is 6.50. The topological polar surface area (TPSA) is 42.1 Å². The second-order valence-corrected chi connectivity index (χ2v) is 4.72. The fraction of sp³-hybridized carbons (Fsp3) is 0.643. The van der Waals surface area contributed by atoms with Gasteiger partial charge in [0, 0.05) is 24.8 Å². The van der Waals surface area contributed by atoms with Gasteiger partial charge >= 0.3 is 0 Å². The molecular formula is C14H25N3. The summed E-state index contributed by atoms with van der Waals surface area (Å²) in [6.07, 6.45) is 3.65. The van der Waals surface area contributed by atoms with Crippen LogP contribution in [0.2, 0.25) is 0 Å². The summed E-state index contributed by atoms with van der Waals surface area (Å²) in [5, 5.41) is 0. The second kappa shape index (κ2) is 7.41. The lowest BCUT2D eigenvalue weighted by Crippen LogP contribution is -2.37. The lowest BCUT2D eigenvalue weighted by Gasteiger charge is -2.26. The van der Waals surface area contributed by atoms with Crippen LogP contribution in [0.5, 0.6) is 0 Å². The van der Waals surface area contributed by atoms with Crippen LogP contribution >= 0.6 is 0 Å². The van der Waals surface area contributed by atoms with Gasteiger partial charge in [-0.3, -0.25) is 9.88 Å². The van der Waals surface area contributed by atoms with E-state index >= 15 is 0 Å². The first-order chi connectivity index (χ1) is 8.17. The molecule has 96 valence electrons. The van der Waals surface area contributed by atoms with Gasteiger partial charge in [-0.25, -0.2) is 0 Å². The molecule has 3 nitrogen and oxygen atoms in total. The van der Waals surface area contributed by atoms with E-state index in [-0.39, 0.29) is 0 Å². The van der Waals surface area contributed by atoms with Gasteiger partial charge in [0.15, 0.2) is 0 Å². The van der Waals surface area contributed by atoms with E-state index in [4.69, 9.17) is 5.73 Å². The van der Waals surface area contributed by atoms with Crippen molar-refractivity contribution in [1.82, 2.24) is 9.88 Å². The van der Waals surface area contributed by atoms with Crippen molar-refractivity contribution in [2.24, 2.45) is 5.73 Å². The molecule has 1 atom stereocenters. The number of rotatable bonds is 7. The van der Waals surface area contributed by atoms with Crippen LogP contribution in [0.15, 0.2) is 18.2 Å². The van der Waals surface area contributed by atoms with Crippen molar-refractivity contribution in [2.45, 2.75) is 45.7 Å². The van der Waals surface area contributed by atoms with Gasteiger partial charge in [0.05, 0.1) is 5.69 Å². The van der Waals surface area contributed by atoms with E-state index in [1.165, 1.54) is 19.3 Å². The highest BCUT2D eigenvalue weighted by atomic mass is 15.1. The lowest BCUT2D eigenvalue weighted by molar-refractivity contribution is 0.221. The van der Waals surface area contributed by atoms with Crippen molar-refractivity contribution >= 4 is 0 Å². The van der Waals surface area contributed by atoms with E-state index in [1.807, 2.05) is 13.0 Å². The summed E-state index contributed by atoms with van der Waals surface area (Å²) in [7, 11) is 2.14. The van der Waals surface area contributed by atoms with Gasteiger partial charge in [0.1, 0.15) is 0 Å². The summed E-state index contributed by atoms with van der Waals surface area (Å²) in [5.41, 5.74) is 8.04. The molecule has 0 aromatic carbocycles. The number of aryl methyl sites for hydroxylation is 1. The number of unbranched alkanes of at least 4 members (excludes halogenated alkanes) is 1. The predicted octanol–water partition coefficient (Wildman–Crippen LogP) is 2.34. The molecule has 0 spiro atoms. The van der Waals surface area contributed by atoms with E-state index in [9.17, 15) is 0 Å². The Morgan fingerprint density at radius 3 is 2.76 bits per heavy atom. The van der Waals surface area contributed by atoms with E-state index in [0.717, 1.165) is 24.5 Å². The molecule has 0 aliphatic rings. The van der Waals surface area contributed by atoms with Crippen LogP contribution < -0.4 is 5.73 Å². The van der Waals surface area contributed by atoms with E-state index in [1.54, 1.807) is 0 Å². The first kappa shape index (κ1) is 14.1. The molecule has 0 saturated heterocycles. The molecule has 1 heterocycles. The molecule has 1 aromatic heterocycles. The van der Waals surface area contributed by atoms with E-state index in [2.05, 4.69) is 36.0 Å². The lowest BCUT2D eigenvalue weighted by atomic mass is 10.1. The highest BCUT2D eigenvalue weighted by Gasteiger charge is 2.13. The average Bonchev–Trinajstić information content (AvgIpc) is 2.30. The minimum Gasteiger partial charge on any atom is -0.329 e. The molecule has 0 amide bonds. The summed E-state index contributed by atoms with van der Waals surface area (Å²) in [5.74, 6) is 0. The van der Waals surface area contributed by atoms with Crippen LogP contribution in [0, 0.1) is 6.92 Å². The van der Waals surface area contributed by atoms with Gasteiger partial charge in [-0.05, 0) is 32.5 Å². The van der Waals surface area contributed by atoms with Crippen LogP contribution in [-0.2, 0) is 6.54 Å². The molecule has 0 bridgehead atoms. The number of nitrogens with two attached hydrogens (primary N) is 1. The van der Waals surface area contributed by atoms with Crippen LogP contribution in [0.1, 0.15) is 37.6 Å². The molecule has 2 N–H and O–H groups in total. The Morgan fingerprint density at radius 1 is 1.41 bits per heavy atom. The normalized spacial score (nSPS) is 13.0. The molecule has 0 radical (unpaired) electrons. The van der Waals surface area contributed by atoms with Crippen molar-refractivity contribution in [3.8, 4) is 0 Å².